The highest BCUT2D eigenvalue weighted by atomic mass is 35.5. The van der Waals surface area contributed by atoms with Gasteiger partial charge in [0, 0.05) is 6.07 Å². The lowest BCUT2D eigenvalue weighted by Crippen LogP contribution is -2.54. The number of halogens is 2. The number of rotatable bonds is 5. The Balaban J connectivity index is 1.33. The summed E-state index contributed by atoms with van der Waals surface area (Å²) in [5, 5.41) is 3.11. The normalized spacial score (nSPS) is 16.0. The number of fused-ring (bicyclic) bond motifs is 1. The van der Waals surface area contributed by atoms with Gasteiger partial charge in [0.25, 0.3) is 11.8 Å². The summed E-state index contributed by atoms with van der Waals surface area (Å²) in [4.78, 5) is 38.8. The molecule has 5 rings (SSSR count). The minimum absolute atomic E-state index is 0.0513. The van der Waals surface area contributed by atoms with Crippen molar-refractivity contribution in [3.63, 3.8) is 0 Å². The Morgan fingerprint density at radius 2 is 1.69 bits per heavy atom. The molecule has 4 amide bonds. The Bertz CT molecular complexity index is 1390. The first kappa shape index (κ1) is 22.8. The fourth-order valence-electron chi connectivity index (χ4n) is 3.54. The molecule has 3 aromatic rings. The van der Waals surface area contributed by atoms with Crippen molar-refractivity contribution in [2.24, 2.45) is 0 Å². The van der Waals surface area contributed by atoms with Crippen LogP contribution in [0.2, 0.25) is 10.0 Å². The first-order valence-corrected chi connectivity index (χ1v) is 11.1. The molecule has 0 aliphatic carbocycles. The first-order valence-electron chi connectivity index (χ1n) is 10.4. The molecular formula is C25H16Cl2N2O6. The van der Waals surface area contributed by atoms with E-state index in [1.807, 2.05) is 6.07 Å². The summed E-state index contributed by atoms with van der Waals surface area (Å²) >= 11 is 12.0. The molecule has 35 heavy (non-hydrogen) atoms. The van der Waals surface area contributed by atoms with E-state index in [0.29, 0.717) is 32.9 Å². The van der Waals surface area contributed by atoms with E-state index in [2.05, 4.69) is 5.32 Å². The van der Waals surface area contributed by atoms with Crippen molar-refractivity contribution in [3.05, 3.63) is 87.4 Å². The van der Waals surface area contributed by atoms with E-state index >= 15 is 0 Å². The maximum absolute atomic E-state index is 13.1. The quantitative estimate of drug-likeness (QED) is 0.384. The molecular weight excluding hydrogens is 495 g/mol. The van der Waals surface area contributed by atoms with Crippen LogP contribution in [0.1, 0.15) is 11.1 Å². The molecule has 0 bridgehead atoms. The molecule has 0 saturated carbocycles. The van der Waals surface area contributed by atoms with Crippen molar-refractivity contribution in [2.45, 2.75) is 6.61 Å². The number of anilines is 1. The molecule has 8 nitrogen and oxygen atoms in total. The third-order valence-corrected chi connectivity index (χ3v) is 6.04. The number of ether oxygens (including phenoxy) is 3. The summed E-state index contributed by atoms with van der Waals surface area (Å²) in [7, 11) is 0. The summed E-state index contributed by atoms with van der Waals surface area (Å²) < 4.78 is 16.3. The molecule has 0 radical (unpaired) electrons. The molecule has 10 heteroatoms. The summed E-state index contributed by atoms with van der Waals surface area (Å²) in [6, 6.07) is 15.8. The van der Waals surface area contributed by atoms with Crippen LogP contribution in [0.15, 0.2) is 66.2 Å². The third-order valence-electron chi connectivity index (χ3n) is 5.30. The number of nitrogens with zero attached hydrogens (tertiary/aromatic N) is 1. The monoisotopic (exact) mass is 510 g/mol. The zero-order chi connectivity index (χ0) is 24.5. The maximum Gasteiger partial charge on any atom is 0.335 e. The molecule has 2 aliphatic heterocycles. The summed E-state index contributed by atoms with van der Waals surface area (Å²) in [5.74, 6) is -0.0433. The van der Waals surface area contributed by atoms with Gasteiger partial charge in [0.1, 0.15) is 17.9 Å². The largest absolute Gasteiger partial charge is 0.489 e. The van der Waals surface area contributed by atoms with E-state index in [1.54, 1.807) is 48.5 Å². The number of hydrogen-bond acceptors (Lipinski definition) is 6. The lowest BCUT2D eigenvalue weighted by molar-refractivity contribution is -0.122. The lowest BCUT2D eigenvalue weighted by atomic mass is 10.1. The van der Waals surface area contributed by atoms with Gasteiger partial charge >= 0.3 is 6.03 Å². The smallest absolute Gasteiger partial charge is 0.335 e. The van der Waals surface area contributed by atoms with Gasteiger partial charge in [0.2, 0.25) is 6.79 Å². The zero-order valence-corrected chi connectivity index (χ0v) is 19.4. The van der Waals surface area contributed by atoms with Crippen LogP contribution >= 0.6 is 23.2 Å². The third kappa shape index (κ3) is 4.66. The van der Waals surface area contributed by atoms with Crippen molar-refractivity contribution in [2.75, 3.05) is 11.7 Å². The predicted octanol–water partition coefficient (Wildman–Crippen LogP) is 4.97. The average molecular weight is 511 g/mol. The molecule has 1 saturated heterocycles. The van der Waals surface area contributed by atoms with Crippen molar-refractivity contribution in [1.82, 2.24) is 5.32 Å². The zero-order valence-electron chi connectivity index (χ0n) is 17.9. The Morgan fingerprint density at radius 3 is 2.46 bits per heavy atom. The van der Waals surface area contributed by atoms with Crippen LogP contribution in [-0.2, 0) is 16.2 Å². The second kappa shape index (κ2) is 9.32. The van der Waals surface area contributed by atoms with E-state index in [1.165, 1.54) is 12.1 Å². The second-order valence-electron chi connectivity index (χ2n) is 7.60. The summed E-state index contributed by atoms with van der Waals surface area (Å²) in [6.07, 6.45) is 1.41. The van der Waals surface area contributed by atoms with Gasteiger partial charge in [-0.25, -0.2) is 9.69 Å². The Kier molecular flexibility index (Phi) is 6.07. The number of barbiturate groups is 1. The van der Waals surface area contributed by atoms with E-state index in [9.17, 15) is 14.4 Å². The molecule has 1 N–H and O–H groups in total. The Morgan fingerprint density at radius 1 is 0.914 bits per heavy atom. The fourth-order valence-corrected chi connectivity index (χ4v) is 3.86. The van der Waals surface area contributed by atoms with Crippen molar-refractivity contribution < 1.29 is 28.6 Å². The fraction of sp³-hybridized carbons (Fsp3) is 0.0800. The van der Waals surface area contributed by atoms with Crippen LogP contribution in [0.25, 0.3) is 6.08 Å². The van der Waals surface area contributed by atoms with Crippen LogP contribution in [0, 0.1) is 0 Å². The van der Waals surface area contributed by atoms with Gasteiger partial charge in [0.15, 0.2) is 11.5 Å². The van der Waals surface area contributed by atoms with Crippen LogP contribution in [0.3, 0.4) is 0 Å². The highest BCUT2D eigenvalue weighted by Gasteiger charge is 2.37. The molecule has 1 fully saturated rings. The van der Waals surface area contributed by atoms with E-state index in [0.717, 1.165) is 10.5 Å². The van der Waals surface area contributed by atoms with Crippen LogP contribution < -0.4 is 24.4 Å². The standard InChI is InChI=1S/C25H16Cl2N2O6/c26-19-7-3-15(10-20(19)27)12-33-17-5-1-14(2-6-17)9-18-23(30)28-25(32)29(24(18)31)16-4-8-21-22(11-16)35-13-34-21/h1-11H,12-13H2,(H,28,30,32)/b18-9+. The first-order chi connectivity index (χ1) is 16.9. The highest BCUT2D eigenvalue weighted by molar-refractivity contribution is 6.42. The molecule has 2 aliphatic rings. The Hall–Kier alpha value is -4.01. The molecule has 176 valence electrons. The van der Waals surface area contributed by atoms with E-state index in [4.69, 9.17) is 37.4 Å². The van der Waals surface area contributed by atoms with Gasteiger partial charge < -0.3 is 14.2 Å². The number of benzene rings is 3. The van der Waals surface area contributed by atoms with E-state index < -0.39 is 17.8 Å². The number of carbonyl (C=O) groups is 3. The van der Waals surface area contributed by atoms with Crippen LogP contribution in [-0.4, -0.2) is 24.6 Å². The Labute approximate surface area is 209 Å². The molecule has 0 spiro atoms. The van der Waals surface area contributed by atoms with Gasteiger partial charge in [0.05, 0.1) is 15.7 Å². The van der Waals surface area contributed by atoms with E-state index in [-0.39, 0.29) is 24.7 Å². The lowest BCUT2D eigenvalue weighted by Gasteiger charge is -2.26. The minimum Gasteiger partial charge on any atom is -0.489 e. The van der Waals surface area contributed by atoms with Crippen molar-refractivity contribution in [1.29, 1.82) is 0 Å². The number of carbonyl (C=O) groups excluding carboxylic acids is 3. The van der Waals surface area contributed by atoms with Gasteiger partial charge in [-0.15, -0.1) is 0 Å². The predicted molar refractivity (Wildman–Crippen MR) is 129 cm³/mol. The van der Waals surface area contributed by atoms with Crippen LogP contribution in [0.4, 0.5) is 10.5 Å². The van der Waals surface area contributed by atoms with Crippen LogP contribution in [0.5, 0.6) is 17.2 Å². The molecule has 0 unspecified atom stereocenters. The number of nitrogens with one attached hydrogen (secondary N) is 1. The van der Waals surface area contributed by atoms with Crippen molar-refractivity contribution >= 4 is 52.8 Å². The number of hydrogen-bond donors (Lipinski definition) is 1. The molecule has 3 aromatic carbocycles. The summed E-state index contributed by atoms with van der Waals surface area (Å²) in [6.45, 7) is 0.334. The van der Waals surface area contributed by atoms with Gasteiger partial charge in [-0.1, -0.05) is 41.4 Å². The average Bonchev–Trinajstić information content (AvgIpc) is 3.31. The topological polar surface area (TPSA) is 94.2 Å². The maximum atomic E-state index is 13.1. The number of imide groups is 2. The molecule has 2 heterocycles. The molecule has 0 aromatic heterocycles. The van der Waals surface area contributed by atoms with Gasteiger partial charge in [-0.2, -0.15) is 0 Å². The second-order valence-corrected chi connectivity index (χ2v) is 8.42. The minimum atomic E-state index is -0.845. The number of amides is 4. The summed E-state index contributed by atoms with van der Waals surface area (Å²) in [5.41, 5.74) is 1.49. The van der Waals surface area contributed by atoms with Gasteiger partial charge in [-0.3, -0.25) is 14.9 Å². The number of urea groups is 1. The van der Waals surface area contributed by atoms with Gasteiger partial charge in [-0.05, 0) is 53.6 Å². The molecule has 0 atom stereocenters. The SMILES string of the molecule is O=C1NC(=O)N(c2ccc3c(c2)OCO3)C(=O)/C1=C/c1ccc(OCc2ccc(Cl)c(Cl)c2)cc1. The highest BCUT2D eigenvalue weighted by Crippen LogP contribution is 2.36. The van der Waals surface area contributed by atoms with Crippen molar-refractivity contribution in [3.8, 4) is 17.2 Å².